The van der Waals surface area contributed by atoms with Gasteiger partial charge in [0.05, 0.1) is 11.6 Å². The molecule has 2 aromatic rings. The van der Waals surface area contributed by atoms with Crippen molar-refractivity contribution in [1.29, 1.82) is 5.26 Å². The summed E-state index contributed by atoms with van der Waals surface area (Å²) in [5.41, 5.74) is 1.88. The molecule has 0 spiro atoms. The van der Waals surface area contributed by atoms with Crippen LogP contribution in [0.1, 0.15) is 23.4 Å². The summed E-state index contributed by atoms with van der Waals surface area (Å²) in [5.74, 6) is 0.826. The van der Waals surface area contributed by atoms with E-state index in [9.17, 15) is 4.79 Å². The Kier molecular flexibility index (Phi) is 4.91. The fraction of sp³-hybridized carbons (Fsp3) is 0.222. The van der Waals surface area contributed by atoms with Gasteiger partial charge in [-0.2, -0.15) is 5.26 Å². The van der Waals surface area contributed by atoms with Gasteiger partial charge in [-0.1, -0.05) is 12.1 Å². The number of nitrogens with one attached hydrogen (secondary N) is 1. The number of imidazole rings is 1. The molecule has 1 N–H and O–H groups in total. The average Bonchev–Trinajstić information content (AvgIpc) is 3.13. The lowest BCUT2D eigenvalue weighted by Gasteiger charge is -2.14. The number of thiocarbonyl (C=S) groups is 1. The van der Waals surface area contributed by atoms with Crippen molar-refractivity contribution in [3.05, 3.63) is 59.3 Å². The van der Waals surface area contributed by atoms with Crippen molar-refractivity contribution in [2.24, 2.45) is 0 Å². The minimum Gasteiger partial charge on any atom is -0.335 e. The lowest BCUT2D eigenvalue weighted by atomic mass is 10.1. The smallest absolute Gasteiger partial charge is 0.276 e. The van der Waals surface area contributed by atoms with Crippen molar-refractivity contribution in [3.63, 3.8) is 0 Å². The first kappa shape index (κ1) is 16.9. The summed E-state index contributed by atoms with van der Waals surface area (Å²) in [6.45, 7) is 3.28. The summed E-state index contributed by atoms with van der Waals surface area (Å²) in [5, 5.41) is 12.2. The van der Waals surface area contributed by atoms with Crippen LogP contribution >= 0.6 is 12.2 Å². The molecule has 0 bridgehead atoms. The van der Waals surface area contributed by atoms with Crippen LogP contribution in [0.25, 0.3) is 6.08 Å². The van der Waals surface area contributed by atoms with Crippen molar-refractivity contribution in [2.75, 3.05) is 6.54 Å². The molecular weight excluding hydrogens is 334 g/mol. The number of nitrogens with zero attached hydrogens (tertiary/aromatic N) is 4. The van der Waals surface area contributed by atoms with E-state index in [1.807, 2.05) is 17.7 Å². The maximum Gasteiger partial charge on any atom is 0.276 e. The summed E-state index contributed by atoms with van der Waals surface area (Å²) in [6, 6.07) is 9.11. The van der Waals surface area contributed by atoms with Gasteiger partial charge >= 0.3 is 0 Å². The number of hydrogen-bond donors (Lipinski definition) is 1. The Morgan fingerprint density at radius 2 is 2.08 bits per heavy atom. The summed E-state index contributed by atoms with van der Waals surface area (Å²) < 4.78 is 2.05. The first-order chi connectivity index (χ1) is 12.1. The molecule has 2 heterocycles. The SMILES string of the molecule is Cc1nccn1CCCN1C(=O)/C(=C\c2ccc(C#N)cc2)NC1=S. The second kappa shape index (κ2) is 7.28. The number of nitriles is 1. The number of aromatic nitrogens is 2. The molecular formula is C18H17N5OS. The van der Waals surface area contributed by atoms with Gasteiger partial charge in [0, 0.05) is 25.5 Å². The fourth-order valence-corrected chi connectivity index (χ4v) is 2.92. The topological polar surface area (TPSA) is 74.0 Å². The molecule has 0 unspecified atom stereocenters. The van der Waals surface area contributed by atoms with Crippen LogP contribution < -0.4 is 5.32 Å². The number of rotatable bonds is 5. The molecule has 0 saturated carbocycles. The number of carbonyl (C=O) groups is 1. The third-order valence-corrected chi connectivity index (χ3v) is 4.34. The van der Waals surface area contributed by atoms with Crippen LogP contribution in [0.15, 0.2) is 42.4 Å². The lowest BCUT2D eigenvalue weighted by Crippen LogP contribution is -2.32. The highest BCUT2D eigenvalue weighted by molar-refractivity contribution is 7.80. The summed E-state index contributed by atoms with van der Waals surface area (Å²) in [4.78, 5) is 18.3. The minimum atomic E-state index is -0.128. The second-order valence-corrected chi connectivity index (χ2v) is 6.09. The zero-order valence-electron chi connectivity index (χ0n) is 13.8. The van der Waals surface area contributed by atoms with Crippen LogP contribution in [-0.2, 0) is 11.3 Å². The molecule has 126 valence electrons. The highest BCUT2D eigenvalue weighted by atomic mass is 32.1. The van der Waals surface area contributed by atoms with Crippen molar-refractivity contribution < 1.29 is 4.79 Å². The number of hydrogen-bond acceptors (Lipinski definition) is 4. The molecule has 1 saturated heterocycles. The molecule has 1 fully saturated rings. The molecule has 6 nitrogen and oxygen atoms in total. The van der Waals surface area contributed by atoms with Gasteiger partial charge in [-0.05, 0) is 49.3 Å². The van der Waals surface area contributed by atoms with Gasteiger partial charge in [-0.3, -0.25) is 9.69 Å². The standard InChI is InChI=1S/C18H17N5OS/c1-13-20-7-10-22(13)8-2-9-23-17(24)16(21-18(23)25)11-14-3-5-15(12-19)6-4-14/h3-7,10-11H,2,8-9H2,1H3,(H,21,25)/b16-11+. The van der Waals surface area contributed by atoms with E-state index in [0.717, 1.165) is 24.4 Å². The molecule has 0 atom stereocenters. The number of aryl methyl sites for hydroxylation is 2. The van der Waals surface area contributed by atoms with E-state index in [4.69, 9.17) is 17.5 Å². The molecule has 1 aromatic heterocycles. The molecule has 1 aromatic carbocycles. The molecule has 25 heavy (non-hydrogen) atoms. The van der Waals surface area contributed by atoms with Gasteiger partial charge in [-0.25, -0.2) is 4.98 Å². The van der Waals surface area contributed by atoms with Gasteiger partial charge in [0.1, 0.15) is 11.5 Å². The molecule has 7 heteroatoms. The van der Waals surface area contributed by atoms with Crippen molar-refractivity contribution >= 4 is 29.3 Å². The minimum absolute atomic E-state index is 0.128. The van der Waals surface area contributed by atoms with Gasteiger partial charge in [-0.15, -0.1) is 0 Å². The molecule has 0 aliphatic carbocycles. The Labute approximate surface area is 151 Å². The predicted octanol–water partition coefficient (Wildman–Crippen LogP) is 2.21. The van der Waals surface area contributed by atoms with Crippen LogP contribution in [0.5, 0.6) is 0 Å². The van der Waals surface area contributed by atoms with E-state index in [2.05, 4.69) is 16.4 Å². The Hall–Kier alpha value is -2.98. The maximum absolute atomic E-state index is 12.5. The van der Waals surface area contributed by atoms with E-state index in [-0.39, 0.29) is 5.91 Å². The normalized spacial score (nSPS) is 15.5. The highest BCUT2D eigenvalue weighted by Crippen LogP contribution is 2.15. The predicted molar refractivity (Wildman–Crippen MR) is 98.2 cm³/mol. The monoisotopic (exact) mass is 351 g/mol. The summed E-state index contributed by atoms with van der Waals surface area (Å²) in [6.07, 6.45) is 6.22. The molecule has 1 aliphatic heterocycles. The van der Waals surface area contributed by atoms with Crippen LogP contribution in [0, 0.1) is 18.3 Å². The number of amides is 1. The molecule has 3 rings (SSSR count). The average molecular weight is 351 g/mol. The van der Waals surface area contributed by atoms with Gasteiger partial charge in [0.25, 0.3) is 5.91 Å². The third-order valence-electron chi connectivity index (χ3n) is 4.02. The van der Waals surface area contributed by atoms with E-state index in [1.165, 1.54) is 0 Å². The molecule has 1 amide bonds. The highest BCUT2D eigenvalue weighted by Gasteiger charge is 2.29. The maximum atomic E-state index is 12.5. The van der Waals surface area contributed by atoms with Gasteiger partial charge < -0.3 is 9.88 Å². The Balaban J connectivity index is 1.64. The molecule has 1 aliphatic rings. The van der Waals surface area contributed by atoms with Crippen molar-refractivity contribution in [1.82, 2.24) is 19.8 Å². The number of benzene rings is 1. The van der Waals surface area contributed by atoms with E-state index in [0.29, 0.717) is 22.9 Å². The lowest BCUT2D eigenvalue weighted by molar-refractivity contribution is -0.122. The van der Waals surface area contributed by atoms with Crippen molar-refractivity contribution in [2.45, 2.75) is 19.9 Å². The van der Waals surface area contributed by atoms with Crippen molar-refractivity contribution in [3.8, 4) is 6.07 Å². The van der Waals surface area contributed by atoms with E-state index >= 15 is 0 Å². The van der Waals surface area contributed by atoms with Crippen LogP contribution in [0.4, 0.5) is 0 Å². The Morgan fingerprint density at radius 3 is 2.72 bits per heavy atom. The Bertz CT molecular complexity index is 876. The van der Waals surface area contributed by atoms with Gasteiger partial charge in [0.2, 0.25) is 0 Å². The van der Waals surface area contributed by atoms with Crippen LogP contribution in [0.3, 0.4) is 0 Å². The summed E-state index contributed by atoms with van der Waals surface area (Å²) in [7, 11) is 0. The Morgan fingerprint density at radius 1 is 1.32 bits per heavy atom. The number of carbonyl (C=O) groups excluding carboxylic acids is 1. The van der Waals surface area contributed by atoms with Crippen LogP contribution in [0.2, 0.25) is 0 Å². The van der Waals surface area contributed by atoms with E-state index in [1.54, 1.807) is 41.4 Å². The summed E-state index contributed by atoms with van der Waals surface area (Å²) >= 11 is 5.28. The quantitative estimate of drug-likeness (QED) is 0.660. The first-order valence-electron chi connectivity index (χ1n) is 7.91. The van der Waals surface area contributed by atoms with Crippen LogP contribution in [-0.4, -0.2) is 32.0 Å². The molecule has 0 radical (unpaired) electrons. The first-order valence-corrected chi connectivity index (χ1v) is 8.32. The third kappa shape index (κ3) is 3.75. The zero-order chi connectivity index (χ0) is 17.8. The fourth-order valence-electron chi connectivity index (χ4n) is 2.63. The van der Waals surface area contributed by atoms with Gasteiger partial charge in [0.15, 0.2) is 5.11 Å². The van der Waals surface area contributed by atoms with E-state index < -0.39 is 0 Å². The zero-order valence-corrected chi connectivity index (χ0v) is 14.6. The largest absolute Gasteiger partial charge is 0.335 e. The second-order valence-electron chi connectivity index (χ2n) is 5.70.